The third kappa shape index (κ3) is 2.40. The van der Waals surface area contributed by atoms with E-state index >= 15 is 0 Å². The van der Waals surface area contributed by atoms with E-state index in [2.05, 4.69) is 10.1 Å². The van der Waals surface area contributed by atoms with Crippen LogP contribution in [-0.2, 0) is 0 Å². The van der Waals surface area contributed by atoms with Crippen LogP contribution in [0.4, 0.5) is 27.9 Å². The normalized spacial score (nSPS) is 21.7. The van der Waals surface area contributed by atoms with Gasteiger partial charge in [0, 0.05) is 5.92 Å². The van der Waals surface area contributed by atoms with Crippen LogP contribution in [0.3, 0.4) is 0 Å². The molecule has 9 heteroatoms. The molecule has 22 heavy (non-hydrogen) atoms. The lowest BCUT2D eigenvalue weighted by Gasteiger charge is -2.30. The van der Waals surface area contributed by atoms with Crippen molar-refractivity contribution in [3.63, 3.8) is 0 Å². The first-order valence-electron chi connectivity index (χ1n) is 6.51. The number of benzene rings is 1. The summed E-state index contributed by atoms with van der Waals surface area (Å²) in [6, 6.07) is 1.41. The van der Waals surface area contributed by atoms with Gasteiger partial charge in [-0.1, -0.05) is 6.07 Å². The molecule has 0 spiro atoms. The molecule has 0 saturated heterocycles. The Bertz CT molecular complexity index is 709. The van der Waals surface area contributed by atoms with Gasteiger partial charge in [-0.05, 0) is 30.5 Å². The number of hydrogen-bond acceptors (Lipinski definition) is 3. The zero-order chi connectivity index (χ0) is 16.1. The zero-order valence-electron chi connectivity index (χ0n) is 11.1. The maximum Gasteiger partial charge on any atom is 0.410 e. The minimum atomic E-state index is -4.48. The number of aromatic nitrogens is 3. The van der Waals surface area contributed by atoms with Gasteiger partial charge in [0.15, 0.2) is 11.6 Å². The van der Waals surface area contributed by atoms with Crippen LogP contribution >= 0.6 is 0 Å². The molecule has 0 saturated carbocycles. The van der Waals surface area contributed by atoms with Crippen molar-refractivity contribution in [3.8, 4) is 0 Å². The van der Waals surface area contributed by atoms with E-state index in [9.17, 15) is 22.0 Å². The fourth-order valence-electron chi connectivity index (χ4n) is 2.74. The van der Waals surface area contributed by atoms with Crippen LogP contribution in [0.5, 0.6) is 0 Å². The Kier molecular flexibility index (Phi) is 3.30. The van der Waals surface area contributed by atoms with E-state index in [4.69, 9.17) is 5.73 Å². The van der Waals surface area contributed by atoms with Gasteiger partial charge in [0.05, 0.1) is 0 Å². The number of alkyl halides is 3. The topological polar surface area (TPSA) is 56.7 Å². The van der Waals surface area contributed by atoms with Crippen LogP contribution in [0.1, 0.15) is 36.2 Å². The van der Waals surface area contributed by atoms with E-state index < -0.39 is 29.8 Å². The number of anilines is 1. The molecular weight excluding hydrogens is 307 g/mol. The largest absolute Gasteiger partial charge is 0.410 e. The fraction of sp³-hybridized carbons (Fsp3) is 0.385. The first kappa shape index (κ1) is 14.7. The number of nitrogens with zero attached hydrogens (tertiary/aromatic N) is 3. The van der Waals surface area contributed by atoms with Gasteiger partial charge < -0.3 is 5.73 Å². The highest BCUT2D eigenvalue weighted by Gasteiger charge is 2.46. The molecule has 4 nitrogen and oxygen atoms in total. The van der Waals surface area contributed by atoms with Gasteiger partial charge in [0.2, 0.25) is 5.95 Å². The Labute approximate surface area is 121 Å². The average Bonchev–Trinajstić information content (AvgIpc) is 2.80. The van der Waals surface area contributed by atoms with E-state index in [1.165, 1.54) is 6.07 Å². The Balaban J connectivity index is 2.06. The summed E-state index contributed by atoms with van der Waals surface area (Å²) in [6.07, 6.45) is -4.62. The summed E-state index contributed by atoms with van der Waals surface area (Å²) >= 11 is 0. The predicted octanol–water partition coefficient (Wildman–Crippen LogP) is 3.17. The second-order valence-electron chi connectivity index (χ2n) is 5.13. The van der Waals surface area contributed by atoms with E-state index in [0.29, 0.717) is 5.56 Å². The van der Waals surface area contributed by atoms with Crippen LogP contribution < -0.4 is 5.73 Å². The van der Waals surface area contributed by atoms with Crippen molar-refractivity contribution >= 4 is 5.95 Å². The van der Waals surface area contributed by atoms with Gasteiger partial charge in [-0.15, -0.1) is 5.10 Å². The van der Waals surface area contributed by atoms with Crippen LogP contribution in [0.15, 0.2) is 18.2 Å². The Morgan fingerprint density at radius 3 is 2.50 bits per heavy atom. The predicted molar refractivity (Wildman–Crippen MR) is 67.0 cm³/mol. The monoisotopic (exact) mass is 318 g/mol. The van der Waals surface area contributed by atoms with Crippen LogP contribution in [0, 0.1) is 11.6 Å². The quantitative estimate of drug-likeness (QED) is 0.822. The summed E-state index contributed by atoms with van der Waals surface area (Å²) < 4.78 is 66.2. The van der Waals surface area contributed by atoms with Crippen molar-refractivity contribution in [1.82, 2.24) is 14.8 Å². The molecule has 2 N–H and O–H groups in total. The number of nitrogen functional groups attached to an aromatic ring is 1. The highest BCUT2D eigenvalue weighted by Crippen LogP contribution is 2.43. The van der Waals surface area contributed by atoms with Crippen molar-refractivity contribution in [3.05, 3.63) is 41.2 Å². The minimum absolute atomic E-state index is 0.0112. The first-order chi connectivity index (χ1) is 10.3. The summed E-state index contributed by atoms with van der Waals surface area (Å²) in [6.45, 7) is 0. The highest BCUT2D eigenvalue weighted by molar-refractivity contribution is 5.30. The minimum Gasteiger partial charge on any atom is -0.366 e. The molecule has 2 unspecified atom stereocenters. The van der Waals surface area contributed by atoms with Crippen molar-refractivity contribution in [2.24, 2.45) is 0 Å². The van der Waals surface area contributed by atoms with Crippen molar-refractivity contribution < 1.29 is 22.0 Å². The lowest BCUT2D eigenvalue weighted by molar-refractivity contribution is -0.175. The highest BCUT2D eigenvalue weighted by atomic mass is 19.4. The number of fused-ring (bicyclic) bond motifs is 1. The van der Waals surface area contributed by atoms with E-state index in [-0.39, 0.29) is 24.6 Å². The molecule has 1 aromatic carbocycles. The summed E-state index contributed by atoms with van der Waals surface area (Å²) in [5.41, 5.74) is 5.75. The van der Waals surface area contributed by atoms with Gasteiger partial charge >= 0.3 is 6.18 Å². The van der Waals surface area contributed by atoms with Crippen molar-refractivity contribution in [1.29, 1.82) is 0 Å². The average molecular weight is 318 g/mol. The molecule has 118 valence electrons. The molecule has 2 aromatic rings. The maximum atomic E-state index is 13.4. The number of rotatable bonds is 1. The second kappa shape index (κ2) is 4.92. The SMILES string of the molecule is Nc1nc2n(n1)C(C(F)(F)F)CCC2c1ccc(F)c(F)c1. The van der Waals surface area contributed by atoms with E-state index in [0.717, 1.165) is 16.8 Å². The van der Waals surface area contributed by atoms with Gasteiger partial charge in [-0.3, -0.25) is 0 Å². The van der Waals surface area contributed by atoms with Gasteiger partial charge in [0.1, 0.15) is 11.9 Å². The number of nitrogens with two attached hydrogens (primary N) is 1. The molecule has 2 atom stereocenters. The lowest BCUT2D eigenvalue weighted by atomic mass is 9.88. The Hall–Kier alpha value is -2.19. The third-order valence-corrected chi connectivity index (χ3v) is 3.73. The third-order valence-electron chi connectivity index (χ3n) is 3.73. The van der Waals surface area contributed by atoms with Crippen LogP contribution in [0.25, 0.3) is 0 Å². The molecule has 1 aliphatic rings. The summed E-state index contributed by atoms with van der Waals surface area (Å²) in [5, 5.41) is 3.61. The molecule has 2 heterocycles. The maximum absolute atomic E-state index is 13.4. The molecule has 0 amide bonds. The van der Waals surface area contributed by atoms with Crippen LogP contribution in [0.2, 0.25) is 0 Å². The first-order valence-corrected chi connectivity index (χ1v) is 6.51. The number of hydrogen-bond donors (Lipinski definition) is 1. The smallest absolute Gasteiger partial charge is 0.366 e. The van der Waals surface area contributed by atoms with Crippen LogP contribution in [-0.4, -0.2) is 20.9 Å². The standard InChI is InChI=1S/C13H11F5N4/c14-8-3-1-6(5-9(8)15)7-2-4-10(13(16,17)18)22-11(7)20-12(19)21-22/h1,3,5,7,10H,2,4H2,(H2,19,21). The fourth-order valence-corrected chi connectivity index (χ4v) is 2.74. The van der Waals surface area contributed by atoms with Crippen molar-refractivity contribution in [2.45, 2.75) is 31.0 Å². The Morgan fingerprint density at radius 1 is 1.14 bits per heavy atom. The van der Waals surface area contributed by atoms with E-state index in [1.807, 2.05) is 0 Å². The molecule has 1 aliphatic heterocycles. The summed E-state index contributed by atoms with van der Waals surface area (Å²) in [4.78, 5) is 3.84. The van der Waals surface area contributed by atoms with E-state index in [1.54, 1.807) is 0 Å². The molecular formula is C13H11F5N4. The second-order valence-corrected chi connectivity index (χ2v) is 5.13. The van der Waals surface area contributed by atoms with Gasteiger partial charge in [-0.2, -0.15) is 18.2 Å². The summed E-state index contributed by atoms with van der Waals surface area (Å²) in [7, 11) is 0. The molecule has 0 fully saturated rings. The van der Waals surface area contributed by atoms with Gasteiger partial charge in [-0.25, -0.2) is 13.5 Å². The number of halogens is 5. The molecule has 1 aromatic heterocycles. The van der Waals surface area contributed by atoms with Crippen molar-refractivity contribution in [2.75, 3.05) is 5.73 Å². The molecule has 3 rings (SSSR count). The Morgan fingerprint density at radius 2 is 1.86 bits per heavy atom. The molecule has 0 bridgehead atoms. The molecule has 0 radical (unpaired) electrons. The summed E-state index contributed by atoms with van der Waals surface area (Å²) in [5.74, 6) is -2.96. The lowest BCUT2D eigenvalue weighted by Crippen LogP contribution is -2.33. The molecule has 0 aliphatic carbocycles. The zero-order valence-corrected chi connectivity index (χ0v) is 11.1. The van der Waals surface area contributed by atoms with Gasteiger partial charge in [0.25, 0.3) is 0 Å².